The SMILES string of the molecule is CN1CCN(C2=NC3C(C(=O)NC(=O)N3C)N2Cc2ccc(Cl)cc2)CC1. The number of carbonyl (C=O) groups is 2. The van der Waals surface area contributed by atoms with Gasteiger partial charge >= 0.3 is 6.03 Å². The quantitative estimate of drug-likeness (QED) is 0.802. The lowest BCUT2D eigenvalue weighted by Crippen LogP contribution is -2.64. The van der Waals surface area contributed by atoms with Gasteiger partial charge in [0.05, 0.1) is 0 Å². The maximum atomic E-state index is 12.6. The number of fused-ring (bicyclic) bond motifs is 1. The lowest BCUT2D eigenvalue weighted by molar-refractivity contribution is -0.127. The summed E-state index contributed by atoms with van der Waals surface area (Å²) in [6.45, 7) is 4.07. The van der Waals surface area contributed by atoms with E-state index in [1.807, 2.05) is 29.2 Å². The first kappa shape index (κ1) is 18.1. The van der Waals surface area contributed by atoms with Crippen LogP contribution in [0.2, 0.25) is 5.02 Å². The van der Waals surface area contributed by atoms with E-state index in [9.17, 15) is 9.59 Å². The molecule has 3 amide bonds. The Kier molecular flexibility index (Phi) is 4.69. The van der Waals surface area contributed by atoms with Gasteiger partial charge in [0.2, 0.25) is 0 Å². The summed E-state index contributed by atoms with van der Waals surface area (Å²) in [5, 5.41) is 3.11. The van der Waals surface area contributed by atoms with E-state index in [-0.39, 0.29) is 5.91 Å². The van der Waals surface area contributed by atoms with Gasteiger partial charge < -0.3 is 19.6 Å². The molecule has 144 valence electrons. The first-order valence-electron chi connectivity index (χ1n) is 9.04. The number of nitrogens with zero attached hydrogens (tertiary/aromatic N) is 5. The standard InChI is InChI=1S/C18H23ClN6O2/c1-22-7-9-24(10-8-22)17-20-15-14(16(26)21-18(27)23(15)2)25(17)11-12-3-5-13(19)6-4-12/h3-6,14-15H,7-11H2,1-2H3,(H,21,26,27). The van der Waals surface area contributed by atoms with Crippen LogP contribution in [0.5, 0.6) is 0 Å². The topological polar surface area (TPSA) is 71.5 Å². The highest BCUT2D eigenvalue weighted by atomic mass is 35.5. The van der Waals surface area contributed by atoms with E-state index in [1.54, 1.807) is 7.05 Å². The number of nitrogens with one attached hydrogen (secondary N) is 1. The van der Waals surface area contributed by atoms with Gasteiger partial charge in [0.25, 0.3) is 5.91 Å². The second-order valence-electron chi connectivity index (χ2n) is 7.24. The minimum Gasteiger partial charge on any atom is -0.340 e. The first-order chi connectivity index (χ1) is 12.9. The van der Waals surface area contributed by atoms with E-state index in [4.69, 9.17) is 16.6 Å². The minimum absolute atomic E-state index is 0.301. The van der Waals surface area contributed by atoms with Crippen molar-refractivity contribution in [2.24, 2.45) is 4.99 Å². The van der Waals surface area contributed by atoms with Crippen LogP contribution >= 0.6 is 11.6 Å². The van der Waals surface area contributed by atoms with Crippen LogP contribution in [0.1, 0.15) is 5.56 Å². The van der Waals surface area contributed by atoms with Gasteiger partial charge in [0.15, 0.2) is 18.2 Å². The van der Waals surface area contributed by atoms with Crippen LogP contribution in [-0.4, -0.2) is 90.0 Å². The van der Waals surface area contributed by atoms with Crippen molar-refractivity contribution in [3.8, 4) is 0 Å². The monoisotopic (exact) mass is 390 g/mol. The molecule has 1 aromatic rings. The third kappa shape index (κ3) is 3.35. The first-order valence-corrected chi connectivity index (χ1v) is 9.42. The molecule has 2 unspecified atom stereocenters. The summed E-state index contributed by atoms with van der Waals surface area (Å²) in [6.07, 6.45) is -0.506. The molecule has 8 nitrogen and oxygen atoms in total. The molecule has 0 aromatic heterocycles. The zero-order valence-electron chi connectivity index (χ0n) is 15.4. The van der Waals surface area contributed by atoms with Crippen molar-refractivity contribution in [3.63, 3.8) is 0 Å². The van der Waals surface area contributed by atoms with Crippen molar-refractivity contribution in [1.29, 1.82) is 0 Å². The number of guanidine groups is 1. The number of piperazine rings is 1. The number of hydrogen-bond donors (Lipinski definition) is 1. The maximum absolute atomic E-state index is 12.6. The van der Waals surface area contributed by atoms with Gasteiger partial charge in [-0.05, 0) is 24.7 Å². The largest absolute Gasteiger partial charge is 0.340 e. The second-order valence-corrected chi connectivity index (χ2v) is 7.67. The maximum Gasteiger partial charge on any atom is 0.325 e. The van der Waals surface area contributed by atoms with Gasteiger partial charge in [-0.25, -0.2) is 9.79 Å². The van der Waals surface area contributed by atoms with E-state index in [0.717, 1.165) is 37.7 Å². The average Bonchev–Trinajstić information content (AvgIpc) is 3.02. The van der Waals surface area contributed by atoms with Gasteiger partial charge in [0.1, 0.15) is 0 Å². The molecule has 0 spiro atoms. The van der Waals surface area contributed by atoms with Gasteiger partial charge in [0, 0.05) is 44.8 Å². The number of carbonyl (C=O) groups excluding carboxylic acids is 2. The fourth-order valence-corrected chi connectivity index (χ4v) is 3.86. The number of urea groups is 1. The van der Waals surface area contributed by atoms with Crippen molar-refractivity contribution >= 4 is 29.5 Å². The van der Waals surface area contributed by atoms with Crippen molar-refractivity contribution in [2.75, 3.05) is 40.3 Å². The molecule has 3 aliphatic rings. The Morgan fingerprint density at radius 3 is 2.44 bits per heavy atom. The number of halogens is 1. The number of rotatable bonds is 2. The lowest BCUT2D eigenvalue weighted by Gasteiger charge is -2.39. The molecule has 2 atom stereocenters. The number of likely N-dealkylation sites (N-methyl/N-ethyl adjacent to an activating group) is 2. The number of aliphatic imine (C=N–C) groups is 1. The van der Waals surface area contributed by atoms with Crippen molar-refractivity contribution < 1.29 is 9.59 Å². The van der Waals surface area contributed by atoms with E-state index in [1.165, 1.54) is 4.90 Å². The Balaban J connectivity index is 1.65. The van der Waals surface area contributed by atoms with E-state index in [2.05, 4.69) is 22.2 Å². The fraction of sp³-hybridized carbons (Fsp3) is 0.500. The summed E-state index contributed by atoms with van der Waals surface area (Å²) < 4.78 is 0. The number of imide groups is 1. The molecule has 1 N–H and O–H groups in total. The Hall–Kier alpha value is -2.32. The van der Waals surface area contributed by atoms with E-state index in [0.29, 0.717) is 11.6 Å². The predicted octanol–water partition coefficient (Wildman–Crippen LogP) is 0.635. The van der Waals surface area contributed by atoms with Crippen LogP contribution < -0.4 is 5.32 Å². The summed E-state index contributed by atoms with van der Waals surface area (Å²) in [5.41, 5.74) is 1.04. The van der Waals surface area contributed by atoms with Crippen molar-refractivity contribution in [3.05, 3.63) is 34.9 Å². The van der Waals surface area contributed by atoms with Crippen LogP contribution in [-0.2, 0) is 11.3 Å². The Morgan fingerprint density at radius 1 is 1.11 bits per heavy atom. The second kappa shape index (κ2) is 7.01. The highest BCUT2D eigenvalue weighted by Crippen LogP contribution is 2.28. The number of benzene rings is 1. The average molecular weight is 391 g/mol. The minimum atomic E-state index is -0.530. The van der Waals surface area contributed by atoms with Crippen molar-refractivity contribution in [2.45, 2.75) is 18.8 Å². The number of amides is 3. The fourth-order valence-electron chi connectivity index (χ4n) is 3.74. The lowest BCUT2D eigenvalue weighted by atomic mass is 10.1. The molecule has 0 saturated carbocycles. The highest BCUT2D eigenvalue weighted by Gasteiger charge is 2.49. The Labute approximate surface area is 163 Å². The highest BCUT2D eigenvalue weighted by molar-refractivity contribution is 6.30. The molecule has 0 bridgehead atoms. The summed E-state index contributed by atoms with van der Waals surface area (Å²) in [7, 11) is 3.77. The predicted molar refractivity (Wildman–Crippen MR) is 102 cm³/mol. The van der Waals surface area contributed by atoms with Crippen LogP contribution in [0.15, 0.2) is 29.3 Å². The van der Waals surface area contributed by atoms with E-state index < -0.39 is 18.2 Å². The molecular formula is C18H23ClN6O2. The molecule has 0 aliphatic carbocycles. The molecule has 9 heteroatoms. The van der Waals surface area contributed by atoms with Crippen molar-refractivity contribution in [1.82, 2.24) is 24.9 Å². The van der Waals surface area contributed by atoms with Gasteiger partial charge in [-0.15, -0.1) is 0 Å². The summed E-state index contributed by atoms with van der Waals surface area (Å²) in [6, 6.07) is 6.65. The Bertz CT molecular complexity index is 775. The molecule has 4 rings (SSSR count). The van der Waals surface area contributed by atoms with Gasteiger partial charge in [-0.3, -0.25) is 10.1 Å². The van der Waals surface area contributed by atoms with Gasteiger partial charge in [-0.1, -0.05) is 23.7 Å². The molecule has 2 fully saturated rings. The van der Waals surface area contributed by atoms with Crippen LogP contribution in [0, 0.1) is 0 Å². The van der Waals surface area contributed by atoms with Crippen LogP contribution in [0.3, 0.4) is 0 Å². The molecule has 3 aliphatic heterocycles. The smallest absolute Gasteiger partial charge is 0.325 e. The summed E-state index contributed by atoms with van der Waals surface area (Å²) >= 11 is 6.00. The molecule has 27 heavy (non-hydrogen) atoms. The normalized spacial score (nSPS) is 26.2. The summed E-state index contributed by atoms with van der Waals surface area (Å²) in [4.78, 5) is 37.5. The molecule has 0 radical (unpaired) electrons. The van der Waals surface area contributed by atoms with Crippen LogP contribution in [0.25, 0.3) is 0 Å². The number of hydrogen-bond acceptors (Lipinski definition) is 6. The zero-order chi connectivity index (χ0) is 19.1. The molecule has 1 aromatic carbocycles. The molecule has 3 heterocycles. The molecular weight excluding hydrogens is 368 g/mol. The molecule has 2 saturated heterocycles. The third-order valence-electron chi connectivity index (χ3n) is 5.39. The zero-order valence-corrected chi connectivity index (χ0v) is 16.2. The Morgan fingerprint density at radius 2 is 1.78 bits per heavy atom. The van der Waals surface area contributed by atoms with Crippen LogP contribution in [0.4, 0.5) is 4.79 Å². The van der Waals surface area contributed by atoms with E-state index >= 15 is 0 Å². The van der Waals surface area contributed by atoms with Gasteiger partial charge in [-0.2, -0.15) is 0 Å². The third-order valence-corrected chi connectivity index (χ3v) is 5.64. The summed E-state index contributed by atoms with van der Waals surface area (Å²) in [5.74, 6) is 0.481.